The minimum atomic E-state index is -0.601. The minimum Gasteiger partial charge on any atom is -0.458 e. The molecule has 0 aromatic carbocycles. The Morgan fingerprint density at radius 3 is 2.88 bits per heavy atom. The van der Waals surface area contributed by atoms with Crippen molar-refractivity contribution in [1.82, 2.24) is 15.2 Å². The molecule has 34 heavy (non-hydrogen) atoms. The van der Waals surface area contributed by atoms with Gasteiger partial charge in [0.05, 0.1) is 18.8 Å². The van der Waals surface area contributed by atoms with E-state index < -0.39 is 5.60 Å². The van der Waals surface area contributed by atoms with E-state index in [1.807, 2.05) is 34.8 Å². The fourth-order valence-corrected chi connectivity index (χ4v) is 6.47. The van der Waals surface area contributed by atoms with Gasteiger partial charge in [-0.25, -0.2) is 0 Å². The molecule has 1 spiro atoms. The highest BCUT2D eigenvalue weighted by Gasteiger charge is 2.54. The zero-order valence-corrected chi connectivity index (χ0v) is 20.4. The summed E-state index contributed by atoms with van der Waals surface area (Å²) >= 11 is 1.59. The van der Waals surface area contributed by atoms with Gasteiger partial charge in [0.25, 0.3) is 0 Å². The summed E-state index contributed by atoms with van der Waals surface area (Å²) in [5.74, 6) is -0.595. The topological polar surface area (TPSA) is 88.6 Å². The van der Waals surface area contributed by atoms with Crippen molar-refractivity contribution in [3.63, 3.8) is 0 Å². The summed E-state index contributed by atoms with van der Waals surface area (Å²) in [5.41, 5.74) is 4.58. The van der Waals surface area contributed by atoms with Crippen LogP contribution in [-0.2, 0) is 45.1 Å². The predicted octanol–water partition coefficient (Wildman–Crippen LogP) is 3.46. The van der Waals surface area contributed by atoms with Crippen molar-refractivity contribution >= 4 is 29.1 Å². The molecule has 4 heterocycles. The Kier molecular flexibility index (Phi) is 6.42. The van der Waals surface area contributed by atoms with Crippen LogP contribution in [0.25, 0.3) is 0 Å². The van der Waals surface area contributed by atoms with E-state index in [1.54, 1.807) is 11.3 Å². The van der Waals surface area contributed by atoms with Gasteiger partial charge in [-0.3, -0.25) is 19.4 Å². The van der Waals surface area contributed by atoms with Gasteiger partial charge in [-0.2, -0.15) is 11.3 Å². The highest BCUT2D eigenvalue weighted by Crippen LogP contribution is 2.45. The van der Waals surface area contributed by atoms with Crippen LogP contribution >= 0.6 is 11.3 Å². The zero-order valence-electron chi connectivity index (χ0n) is 19.6. The second-order valence-corrected chi connectivity index (χ2v) is 10.6. The van der Waals surface area contributed by atoms with Gasteiger partial charge in [0, 0.05) is 31.5 Å². The van der Waals surface area contributed by atoms with Crippen molar-refractivity contribution in [3.05, 3.63) is 51.0 Å². The van der Waals surface area contributed by atoms with E-state index in [2.05, 4.69) is 10.3 Å². The van der Waals surface area contributed by atoms with Crippen molar-refractivity contribution in [2.24, 2.45) is 5.92 Å². The van der Waals surface area contributed by atoms with Crippen LogP contribution in [0.4, 0.5) is 0 Å². The van der Waals surface area contributed by atoms with Crippen LogP contribution in [0.15, 0.2) is 23.0 Å². The molecule has 8 heteroatoms. The third-order valence-corrected chi connectivity index (χ3v) is 8.37. The second kappa shape index (κ2) is 9.49. The molecule has 1 aliphatic carbocycles. The summed E-state index contributed by atoms with van der Waals surface area (Å²) in [4.78, 5) is 44.6. The molecule has 2 aromatic heterocycles. The largest absolute Gasteiger partial charge is 0.458 e. The van der Waals surface area contributed by atoms with Gasteiger partial charge in [-0.05, 0) is 78.1 Å². The number of ether oxygens (including phenoxy) is 1. The van der Waals surface area contributed by atoms with Crippen molar-refractivity contribution in [1.29, 1.82) is 0 Å². The summed E-state index contributed by atoms with van der Waals surface area (Å²) in [7, 11) is 0. The van der Waals surface area contributed by atoms with E-state index in [0.717, 1.165) is 54.5 Å². The number of pyridine rings is 1. The Hall–Kier alpha value is -2.74. The first-order chi connectivity index (χ1) is 16.4. The molecule has 0 radical (unpaired) electrons. The first kappa shape index (κ1) is 23.0. The number of aromatic nitrogens is 1. The number of aryl methyl sites for hydroxylation is 1. The van der Waals surface area contributed by atoms with Crippen LogP contribution in [0.3, 0.4) is 0 Å². The lowest BCUT2D eigenvalue weighted by Gasteiger charge is -2.39. The molecule has 5 rings (SSSR count). The van der Waals surface area contributed by atoms with Crippen molar-refractivity contribution < 1.29 is 19.1 Å². The van der Waals surface area contributed by atoms with Crippen LogP contribution < -0.4 is 5.32 Å². The van der Waals surface area contributed by atoms with Gasteiger partial charge in [-0.1, -0.05) is 6.42 Å². The molecule has 1 N–H and O–H groups in total. The van der Waals surface area contributed by atoms with Crippen molar-refractivity contribution in [2.75, 3.05) is 6.54 Å². The summed E-state index contributed by atoms with van der Waals surface area (Å²) in [6, 6.07) is 1.97. The smallest absolute Gasteiger partial charge is 0.307 e. The maximum Gasteiger partial charge on any atom is 0.307 e. The van der Waals surface area contributed by atoms with Crippen LogP contribution in [0, 0.1) is 12.8 Å². The molecule has 1 saturated heterocycles. The fourth-order valence-electron chi connectivity index (χ4n) is 5.80. The first-order valence-corrected chi connectivity index (χ1v) is 13.1. The van der Waals surface area contributed by atoms with Crippen LogP contribution in [-0.4, -0.2) is 39.8 Å². The Bertz CT molecular complexity index is 1090. The number of thiophene rings is 1. The van der Waals surface area contributed by atoms with Crippen molar-refractivity contribution in [2.45, 2.75) is 77.0 Å². The number of rotatable bonds is 5. The minimum absolute atomic E-state index is 0.00769. The molecular weight excluding hydrogens is 450 g/mol. The number of amides is 2. The van der Waals surface area contributed by atoms with Gasteiger partial charge in [0.15, 0.2) is 0 Å². The molecule has 1 atom stereocenters. The second-order valence-electron chi connectivity index (χ2n) is 9.78. The summed E-state index contributed by atoms with van der Waals surface area (Å²) in [5, 5.41) is 7.00. The molecule has 0 bridgehead atoms. The fraction of sp³-hybridized carbons (Fsp3) is 0.538. The number of carbonyl (C=O) groups is 3. The summed E-state index contributed by atoms with van der Waals surface area (Å²) < 4.78 is 5.77. The number of hydrogen-bond acceptors (Lipinski definition) is 6. The van der Waals surface area contributed by atoms with Gasteiger partial charge < -0.3 is 15.0 Å². The van der Waals surface area contributed by atoms with E-state index in [4.69, 9.17) is 4.74 Å². The molecule has 2 aliphatic heterocycles. The lowest BCUT2D eigenvalue weighted by atomic mass is 9.75. The molecule has 180 valence electrons. The molecule has 1 unspecified atom stereocenters. The average Bonchev–Trinajstić information content (AvgIpc) is 3.45. The zero-order chi connectivity index (χ0) is 23.7. The van der Waals surface area contributed by atoms with Gasteiger partial charge in [-0.15, -0.1) is 0 Å². The first-order valence-electron chi connectivity index (χ1n) is 12.2. The number of nitrogens with one attached hydrogen (secondary N) is 1. The van der Waals surface area contributed by atoms with E-state index in [1.165, 1.54) is 5.56 Å². The standard InChI is InChI=1S/C26H31N3O4S/c1-17-21(14-28-23(30)11-18-6-10-34-16-18)20-5-9-29(15-19(20)13-27-17)25(32)22-12-24(31)33-26(22)7-3-2-4-8-26/h6,10,13,16,22H,2-5,7-9,11-12,14-15H2,1H3,(H,28,30). The quantitative estimate of drug-likeness (QED) is 0.661. The van der Waals surface area contributed by atoms with Crippen molar-refractivity contribution in [3.8, 4) is 0 Å². The molecule has 3 aliphatic rings. The maximum atomic E-state index is 13.6. The SMILES string of the molecule is Cc1ncc2c(c1CNC(=O)Cc1ccsc1)CCN(C(=O)C1CC(=O)OC13CCCCC3)C2. The Balaban J connectivity index is 1.28. The normalized spacial score (nSPS) is 21.3. The third-order valence-electron chi connectivity index (χ3n) is 7.64. The van der Waals surface area contributed by atoms with Crippen LogP contribution in [0.1, 0.15) is 66.5 Å². The Morgan fingerprint density at radius 1 is 1.29 bits per heavy atom. The molecule has 2 fully saturated rings. The number of hydrogen-bond donors (Lipinski definition) is 1. The highest BCUT2D eigenvalue weighted by atomic mass is 32.1. The molecule has 7 nitrogen and oxygen atoms in total. The van der Waals surface area contributed by atoms with Crippen LogP contribution in [0.5, 0.6) is 0 Å². The molecule has 2 amide bonds. The predicted molar refractivity (Wildman–Crippen MR) is 128 cm³/mol. The number of carbonyl (C=O) groups excluding carboxylic acids is 3. The monoisotopic (exact) mass is 481 g/mol. The van der Waals surface area contributed by atoms with E-state index in [-0.39, 0.29) is 30.1 Å². The molecule has 1 saturated carbocycles. The van der Waals surface area contributed by atoms with E-state index >= 15 is 0 Å². The number of fused-ring (bicyclic) bond motifs is 1. The Morgan fingerprint density at radius 2 is 2.12 bits per heavy atom. The maximum absolute atomic E-state index is 13.6. The average molecular weight is 482 g/mol. The molecule has 2 aromatic rings. The lowest BCUT2D eigenvalue weighted by Crippen LogP contribution is -2.48. The summed E-state index contributed by atoms with van der Waals surface area (Å²) in [6.45, 7) is 3.49. The lowest BCUT2D eigenvalue weighted by molar-refractivity contribution is -0.156. The van der Waals surface area contributed by atoms with Crippen LogP contribution in [0.2, 0.25) is 0 Å². The van der Waals surface area contributed by atoms with E-state index in [9.17, 15) is 14.4 Å². The Labute approximate surface area is 203 Å². The van der Waals surface area contributed by atoms with Gasteiger partial charge in [0.2, 0.25) is 11.8 Å². The number of esters is 1. The van der Waals surface area contributed by atoms with Gasteiger partial charge >= 0.3 is 5.97 Å². The van der Waals surface area contributed by atoms with E-state index in [0.29, 0.717) is 32.5 Å². The number of nitrogens with zero attached hydrogens (tertiary/aromatic N) is 2. The highest BCUT2D eigenvalue weighted by molar-refractivity contribution is 7.08. The summed E-state index contributed by atoms with van der Waals surface area (Å²) in [6.07, 6.45) is 7.85. The molecular formula is C26H31N3O4S. The third kappa shape index (κ3) is 4.48. The van der Waals surface area contributed by atoms with Gasteiger partial charge in [0.1, 0.15) is 5.60 Å².